The standard InChI is InChI=1S/C27H30FN7O2S/c1-3-17-14-22(33-23-15-30-27(34-26(17)23)32-19-10-8-18(29)9-11-19)20-12-13-25(31-16(20)2)35-38(36,37)24-7-5-4-6-21(24)28/h4-7,12-15,18-19H,3,8-11,29H2,1-2H3,(H,31,35)(H,30,32,34). The van der Waals surface area contributed by atoms with Gasteiger partial charge in [0.1, 0.15) is 22.0 Å². The molecule has 0 amide bonds. The maximum atomic E-state index is 14.0. The van der Waals surface area contributed by atoms with E-state index in [-0.39, 0.29) is 11.9 Å². The lowest BCUT2D eigenvalue weighted by atomic mass is 9.92. The topological polar surface area (TPSA) is 136 Å². The highest BCUT2D eigenvalue weighted by Crippen LogP contribution is 2.28. The van der Waals surface area contributed by atoms with Gasteiger partial charge in [-0.1, -0.05) is 19.1 Å². The third-order valence-corrected chi connectivity index (χ3v) is 8.23. The molecule has 198 valence electrons. The van der Waals surface area contributed by atoms with Gasteiger partial charge in [0.2, 0.25) is 5.95 Å². The molecule has 1 aliphatic carbocycles. The quantitative estimate of drug-likeness (QED) is 0.313. The molecule has 1 fully saturated rings. The molecule has 3 aromatic heterocycles. The van der Waals surface area contributed by atoms with Crippen molar-refractivity contribution in [3.8, 4) is 11.3 Å². The first-order valence-corrected chi connectivity index (χ1v) is 14.2. The highest BCUT2D eigenvalue weighted by molar-refractivity contribution is 7.92. The SMILES string of the molecule is CCc1cc(-c2ccc(NS(=O)(=O)c3ccccc3F)nc2C)nc2cnc(NC3CCC(N)CC3)nc12. The number of nitrogens with two attached hydrogens (primary N) is 1. The summed E-state index contributed by atoms with van der Waals surface area (Å²) >= 11 is 0. The van der Waals surface area contributed by atoms with Crippen LogP contribution in [0.1, 0.15) is 43.9 Å². The average Bonchev–Trinajstić information content (AvgIpc) is 2.89. The van der Waals surface area contributed by atoms with E-state index >= 15 is 0 Å². The molecule has 0 saturated heterocycles. The molecule has 38 heavy (non-hydrogen) atoms. The van der Waals surface area contributed by atoms with Crippen molar-refractivity contribution in [3.05, 3.63) is 65.7 Å². The van der Waals surface area contributed by atoms with Crippen molar-refractivity contribution in [1.29, 1.82) is 0 Å². The molecule has 11 heteroatoms. The number of halogens is 1. The normalized spacial score (nSPS) is 17.9. The van der Waals surface area contributed by atoms with E-state index in [9.17, 15) is 12.8 Å². The van der Waals surface area contributed by atoms with Gasteiger partial charge in [-0.3, -0.25) is 4.72 Å². The molecule has 5 rings (SSSR count). The average molecular weight is 536 g/mol. The highest BCUT2D eigenvalue weighted by Gasteiger charge is 2.21. The van der Waals surface area contributed by atoms with E-state index in [0.29, 0.717) is 28.9 Å². The molecule has 1 aliphatic rings. The smallest absolute Gasteiger partial charge is 0.265 e. The van der Waals surface area contributed by atoms with Gasteiger partial charge < -0.3 is 11.1 Å². The molecule has 0 spiro atoms. The molecule has 0 atom stereocenters. The Morgan fingerprint density at radius 2 is 1.82 bits per heavy atom. The predicted molar refractivity (Wildman–Crippen MR) is 146 cm³/mol. The third-order valence-electron chi connectivity index (χ3n) is 6.84. The minimum absolute atomic E-state index is 0.0914. The van der Waals surface area contributed by atoms with Crippen LogP contribution in [-0.4, -0.2) is 40.4 Å². The van der Waals surface area contributed by atoms with Crippen molar-refractivity contribution >= 4 is 32.8 Å². The predicted octanol–water partition coefficient (Wildman–Crippen LogP) is 4.58. The summed E-state index contributed by atoms with van der Waals surface area (Å²) in [6.07, 6.45) is 6.45. The number of rotatable bonds is 7. The van der Waals surface area contributed by atoms with Crippen LogP contribution in [0.3, 0.4) is 0 Å². The van der Waals surface area contributed by atoms with Crippen LogP contribution in [0.5, 0.6) is 0 Å². The summed E-state index contributed by atoms with van der Waals surface area (Å²) in [4.78, 5) is 18.0. The van der Waals surface area contributed by atoms with Crippen LogP contribution in [0.4, 0.5) is 16.2 Å². The molecule has 0 aliphatic heterocycles. The number of nitrogens with one attached hydrogen (secondary N) is 2. The number of benzene rings is 1. The van der Waals surface area contributed by atoms with Crippen LogP contribution in [-0.2, 0) is 16.4 Å². The molecule has 0 bridgehead atoms. The number of hydrogen-bond acceptors (Lipinski definition) is 8. The Kier molecular flexibility index (Phi) is 7.22. The Hall–Kier alpha value is -3.70. The first-order valence-electron chi connectivity index (χ1n) is 12.7. The van der Waals surface area contributed by atoms with E-state index in [2.05, 4.69) is 26.9 Å². The zero-order valence-electron chi connectivity index (χ0n) is 21.3. The third kappa shape index (κ3) is 5.44. The Balaban J connectivity index is 1.41. The number of hydrogen-bond donors (Lipinski definition) is 3. The monoisotopic (exact) mass is 535 g/mol. The molecule has 1 aromatic carbocycles. The first kappa shape index (κ1) is 25.9. The second-order valence-electron chi connectivity index (χ2n) is 9.57. The summed E-state index contributed by atoms with van der Waals surface area (Å²) in [6, 6.07) is 11.1. The number of nitrogens with zero attached hydrogens (tertiary/aromatic N) is 4. The van der Waals surface area contributed by atoms with Crippen molar-refractivity contribution in [2.24, 2.45) is 5.73 Å². The maximum Gasteiger partial charge on any atom is 0.265 e. The van der Waals surface area contributed by atoms with Gasteiger partial charge in [0.15, 0.2) is 0 Å². The van der Waals surface area contributed by atoms with Crippen molar-refractivity contribution in [2.75, 3.05) is 10.0 Å². The summed E-state index contributed by atoms with van der Waals surface area (Å²) in [6.45, 7) is 3.83. The van der Waals surface area contributed by atoms with Crippen molar-refractivity contribution < 1.29 is 12.8 Å². The second kappa shape index (κ2) is 10.6. The fourth-order valence-corrected chi connectivity index (χ4v) is 5.84. The molecule has 4 aromatic rings. The zero-order valence-corrected chi connectivity index (χ0v) is 22.1. The minimum Gasteiger partial charge on any atom is -0.351 e. The lowest BCUT2D eigenvalue weighted by Gasteiger charge is -2.26. The van der Waals surface area contributed by atoms with Crippen molar-refractivity contribution in [1.82, 2.24) is 19.9 Å². The molecular weight excluding hydrogens is 505 g/mol. The van der Waals surface area contributed by atoms with Gasteiger partial charge in [-0.15, -0.1) is 0 Å². The number of sulfonamides is 1. The molecule has 0 unspecified atom stereocenters. The lowest BCUT2D eigenvalue weighted by molar-refractivity contribution is 0.410. The van der Waals surface area contributed by atoms with Gasteiger partial charge in [-0.25, -0.2) is 32.7 Å². The van der Waals surface area contributed by atoms with E-state index in [1.165, 1.54) is 24.3 Å². The van der Waals surface area contributed by atoms with Gasteiger partial charge >= 0.3 is 0 Å². The summed E-state index contributed by atoms with van der Waals surface area (Å²) in [7, 11) is -4.13. The number of pyridine rings is 2. The van der Waals surface area contributed by atoms with E-state index in [1.54, 1.807) is 19.2 Å². The Morgan fingerprint density at radius 1 is 1.05 bits per heavy atom. The summed E-state index contributed by atoms with van der Waals surface area (Å²) in [5.41, 5.74) is 10.5. The van der Waals surface area contributed by atoms with E-state index < -0.39 is 20.7 Å². The summed E-state index contributed by atoms with van der Waals surface area (Å²) in [5, 5.41) is 3.45. The number of aromatic nitrogens is 4. The lowest BCUT2D eigenvalue weighted by Crippen LogP contribution is -2.33. The van der Waals surface area contributed by atoms with Gasteiger partial charge in [0, 0.05) is 23.3 Å². The second-order valence-corrected chi connectivity index (χ2v) is 11.2. The van der Waals surface area contributed by atoms with Crippen LogP contribution in [0, 0.1) is 12.7 Å². The Labute approximate surface area is 221 Å². The largest absolute Gasteiger partial charge is 0.351 e. The van der Waals surface area contributed by atoms with Crippen LogP contribution in [0.25, 0.3) is 22.3 Å². The molecule has 1 saturated carbocycles. The summed E-state index contributed by atoms with van der Waals surface area (Å²) in [5.74, 6) is -0.149. The van der Waals surface area contributed by atoms with Gasteiger partial charge in [-0.2, -0.15) is 0 Å². The molecule has 9 nitrogen and oxygen atoms in total. The van der Waals surface area contributed by atoms with Crippen LogP contribution < -0.4 is 15.8 Å². The Bertz CT molecular complexity index is 1590. The van der Waals surface area contributed by atoms with Gasteiger partial charge in [-0.05, 0) is 74.9 Å². The van der Waals surface area contributed by atoms with Gasteiger partial charge in [0.05, 0.1) is 17.4 Å². The van der Waals surface area contributed by atoms with E-state index in [1.807, 2.05) is 6.07 Å². The van der Waals surface area contributed by atoms with Crippen LogP contribution >= 0.6 is 0 Å². The molecule has 0 radical (unpaired) electrons. The molecular formula is C27H30FN7O2S. The fraction of sp³-hybridized carbons (Fsp3) is 0.333. The Morgan fingerprint density at radius 3 is 2.53 bits per heavy atom. The number of aryl methyl sites for hydroxylation is 2. The minimum atomic E-state index is -4.13. The van der Waals surface area contributed by atoms with Crippen LogP contribution in [0.2, 0.25) is 0 Å². The highest BCUT2D eigenvalue weighted by atomic mass is 32.2. The first-order chi connectivity index (χ1) is 18.2. The summed E-state index contributed by atoms with van der Waals surface area (Å²) < 4.78 is 41.7. The van der Waals surface area contributed by atoms with Gasteiger partial charge in [0.25, 0.3) is 10.0 Å². The maximum absolute atomic E-state index is 14.0. The van der Waals surface area contributed by atoms with Crippen molar-refractivity contribution in [3.63, 3.8) is 0 Å². The number of anilines is 2. The van der Waals surface area contributed by atoms with E-state index in [4.69, 9.17) is 15.7 Å². The van der Waals surface area contributed by atoms with Crippen molar-refractivity contribution in [2.45, 2.75) is 62.9 Å². The number of fused-ring (bicyclic) bond motifs is 1. The fourth-order valence-electron chi connectivity index (χ4n) is 4.76. The van der Waals surface area contributed by atoms with E-state index in [0.717, 1.165) is 54.8 Å². The zero-order chi connectivity index (χ0) is 26.9. The molecule has 4 N–H and O–H groups in total. The molecule has 3 heterocycles. The van der Waals surface area contributed by atoms with Crippen LogP contribution in [0.15, 0.2) is 53.6 Å².